The third-order valence-electron chi connectivity index (χ3n) is 2.41. The van der Waals surface area contributed by atoms with Crippen LogP contribution in [0.2, 0.25) is 0 Å². The molecular formula is C11H18N2O2. The Labute approximate surface area is 89.7 Å². The Morgan fingerprint density at radius 1 is 1.60 bits per heavy atom. The molecule has 1 heterocycles. The maximum absolute atomic E-state index is 10.3. The molecule has 1 aromatic heterocycles. The summed E-state index contributed by atoms with van der Waals surface area (Å²) in [6.45, 7) is 5.51. The second-order valence-corrected chi connectivity index (χ2v) is 4.29. The van der Waals surface area contributed by atoms with E-state index in [1.165, 1.54) is 0 Å². The molecule has 0 bridgehead atoms. The van der Waals surface area contributed by atoms with E-state index in [-0.39, 0.29) is 11.8 Å². The molecule has 84 valence electrons. The van der Waals surface area contributed by atoms with Gasteiger partial charge in [-0.2, -0.15) is 0 Å². The molecule has 0 aromatic carbocycles. The summed E-state index contributed by atoms with van der Waals surface area (Å²) >= 11 is 0. The Hall–Kier alpha value is -1.29. The number of hydrogen-bond acceptors (Lipinski definition) is 2. The first-order chi connectivity index (χ1) is 7.02. The summed E-state index contributed by atoms with van der Waals surface area (Å²) < 4.78 is 0. The molecular weight excluding hydrogens is 192 g/mol. The molecule has 0 fully saturated rings. The van der Waals surface area contributed by atoms with Crippen molar-refractivity contribution in [3.05, 3.63) is 24.0 Å². The molecule has 0 radical (unpaired) electrons. The van der Waals surface area contributed by atoms with E-state index in [0.717, 1.165) is 12.2 Å². The minimum Gasteiger partial charge on any atom is -0.481 e. The first-order valence-electron chi connectivity index (χ1n) is 5.09. The molecule has 0 spiro atoms. The minimum atomic E-state index is -0.764. The zero-order valence-electron chi connectivity index (χ0n) is 9.21. The fraction of sp³-hybridized carbons (Fsp3) is 0.545. The highest BCUT2D eigenvalue weighted by Gasteiger charge is 2.20. The largest absolute Gasteiger partial charge is 0.481 e. The monoisotopic (exact) mass is 210 g/mol. The molecule has 0 unspecified atom stereocenters. The first kappa shape index (κ1) is 11.8. The van der Waals surface area contributed by atoms with E-state index in [1.807, 2.05) is 18.3 Å². The molecule has 15 heavy (non-hydrogen) atoms. The summed E-state index contributed by atoms with van der Waals surface area (Å²) in [5.41, 5.74) is 1.16. The third kappa shape index (κ3) is 3.75. The van der Waals surface area contributed by atoms with Crippen molar-refractivity contribution >= 4 is 5.97 Å². The quantitative estimate of drug-likeness (QED) is 0.621. The molecule has 0 atom stereocenters. The lowest BCUT2D eigenvalue weighted by atomic mass is 9.89. The third-order valence-corrected chi connectivity index (χ3v) is 2.41. The number of aromatic nitrogens is 1. The van der Waals surface area contributed by atoms with Crippen molar-refractivity contribution in [2.24, 2.45) is 0 Å². The number of aromatic amines is 1. The van der Waals surface area contributed by atoms with Gasteiger partial charge in [-0.25, -0.2) is 0 Å². The Morgan fingerprint density at radius 3 is 2.87 bits per heavy atom. The van der Waals surface area contributed by atoms with Gasteiger partial charge in [0.05, 0.1) is 6.42 Å². The van der Waals surface area contributed by atoms with Crippen molar-refractivity contribution in [1.82, 2.24) is 10.3 Å². The van der Waals surface area contributed by atoms with Gasteiger partial charge in [0, 0.05) is 30.4 Å². The molecule has 1 aromatic rings. The average molecular weight is 210 g/mol. The Balaban J connectivity index is 2.34. The van der Waals surface area contributed by atoms with Gasteiger partial charge in [-0.3, -0.25) is 4.79 Å². The predicted octanol–water partition coefficient (Wildman–Crippen LogP) is 1.36. The molecule has 0 aliphatic rings. The second kappa shape index (κ2) is 4.98. The summed E-state index contributed by atoms with van der Waals surface area (Å²) in [5.74, 6) is -0.764. The number of rotatable bonds is 6. The summed E-state index contributed by atoms with van der Waals surface area (Å²) in [7, 11) is 0. The van der Waals surface area contributed by atoms with Crippen LogP contribution in [0.15, 0.2) is 18.3 Å². The molecule has 1 rings (SSSR count). The Morgan fingerprint density at radius 2 is 2.33 bits per heavy atom. The van der Waals surface area contributed by atoms with Gasteiger partial charge in [0.2, 0.25) is 0 Å². The number of aliphatic carboxylic acids is 1. The molecule has 4 heteroatoms. The lowest BCUT2D eigenvalue weighted by molar-refractivity contribution is -0.136. The molecule has 0 saturated carbocycles. The van der Waals surface area contributed by atoms with Gasteiger partial charge in [0.25, 0.3) is 0 Å². The summed E-state index contributed by atoms with van der Waals surface area (Å²) in [5, 5.41) is 11.6. The van der Waals surface area contributed by atoms with E-state index >= 15 is 0 Å². The fourth-order valence-electron chi connectivity index (χ4n) is 1.44. The van der Waals surface area contributed by atoms with Crippen LogP contribution in [0, 0.1) is 0 Å². The van der Waals surface area contributed by atoms with Gasteiger partial charge in [0.15, 0.2) is 0 Å². The van der Waals surface area contributed by atoms with Gasteiger partial charge >= 0.3 is 5.97 Å². The summed E-state index contributed by atoms with van der Waals surface area (Å²) in [6.07, 6.45) is 2.06. The zero-order chi connectivity index (χ0) is 11.3. The molecule has 0 aliphatic heterocycles. The molecule has 0 saturated heterocycles. The highest BCUT2D eigenvalue weighted by atomic mass is 16.4. The van der Waals surface area contributed by atoms with E-state index in [4.69, 9.17) is 5.11 Å². The van der Waals surface area contributed by atoms with Gasteiger partial charge in [-0.1, -0.05) is 13.8 Å². The number of carbonyl (C=O) groups is 1. The van der Waals surface area contributed by atoms with Crippen LogP contribution in [0.5, 0.6) is 0 Å². The van der Waals surface area contributed by atoms with Crippen LogP contribution < -0.4 is 5.32 Å². The van der Waals surface area contributed by atoms with Crippen LogP contribution in [0.3, 0.4) is 0 Å². The highest BCUT2D eigenvalue weighted by Crippen LogP contribution is 2.19. The Kier molecular flexibility index (Phi) is 3.91. The maximum Gasteiger partial charge on any atom is 0.304 e. The molecule has 0 aliphatic carbocycles. The van der Waals surface area contributed by atoms with Crippen molar-refractivity contribution in [1.29, 1.82) is 0 Å². The van der Waals surface area contributed by atoms with Crippen molar-refractivity contribution in [3.8, 4) is 0 Å². The summed E-state index contributed by atoms with van der Waals surface area (Å²) in [6, 6.07) is 4.01. The zero-order valence-corrected chi connectivity index (χ0v) is 9.21. The van der Waals surface area contributed by atoms with Crippen LogP contribution in [-0.2, 0) is 10.2 Å². The van der Waals surface area contributed by atoms with Crippen molar-refractivity contribution < 1.29 is 9.90 Å². The fourth-order valence-corrected chi connectivity index (χ4v) is 1.44. The van der Waals surface area contributed by atoms with Gasteiger partial charge in [0.1, 0.15) is 0 Å². The smallest absolute Gasteiger partial charge is 0.304 e. The van der Waals surface area contributed by atoms with Gasteiger partial charge in [-0.15, -0.1) is 0 Å². The van der Waals surface area contributed by atoms with E-state index in [2.05, 4.69) is 24.1 Å². The predicted molar refractivity (Wildman–Crippen MR) is 58.9 cm³/mol. The summed E-state index contributed by atoms with van der Waals surface area (Å²) in [4.78, 5) is 13.5. The SMILES string of the molecule is CC(C)(CNCCC(=O)O)c1ccc[nH]1. The molecule has 3 N–H and O–H groups in total. The lowest BCUT2D eigenvalue weighted by Crippen LogP contribution is -2.34. The van der Waals surface area contributed by atoms with Crippen LogP contribution in [0.4, 0.5) is 0 Å². The number of H-pyrrole nitrogens is 1. The van der Waals surface area contributed by atoms with Crippen LogP contribution in [0.1, 0.15) is 26.0 Å². The van der Waals surface area contributed by atoms with Gasteiger partial charge < -0.3 is 15.4 Å². The van der Waals surface area contributed by atoms with E-state index in [0.29, 0.717) is 6.54 Å². The minimum absolute atomic E-state index is 0.00199. The second-order valence-electron chi connectivity index (χ2n) is 4.29. The highest BCUT2D eigenvalue weighted by molar-refractivity contribution is 5.66. The van der Waals surface area contributed by atoms with E-state index in [1.54, 1.807) is 0 Å². The van der Waals surface area contributed by atoms with Crippen LogP contribution >= 0.6 is 0 Å². The van der Waals surface area contributed by atoms with Crippen LogP contribution in [0.25, 0.3) is 0 Å². The standard InChI is InChI=1S/C11H18N2O2/c1-11(2,9-4-3-6-13-9)8-12-7-5-10(14)15/h3-4,6,12-13H,5,7-8H2,1-2H3,(H,14,15). The topological polar surface area (TPSA) is 65.1 Å². The maximum atomic E-state index is 10.3. The van der Waals surface area contributed by atoms with Crippen molar-refractivity contribution in [3.63, 3.8) is 0 Å². The Bertz CT molecular complexity index is 304. The molecule has 0 amide bonds. The van der Waals surface area contributed by atoms with Crippen molar-refractivity contribution in [2.75, 3.05) is 13.1 Å². The number of carboxylic acids is 1. The average Bonchev–Trinajstić information content (AvgIpc) is 2.65. The first-order valence-corrected chi connectivity index (χ1v) is 5.09. The number of hydrogen-bond donors (Lipinski definition) is 3. The van der Waals surface area contributed by atoms with Crippen LogP contribution in [-0.4, -0.2) is 29.1 Å². The normalized spacial score (nSPS) is 11.6. The van der Waals surface area contributed by atoms with Crippen molar-refractivity contribution in [2.45, 2.75) is 25.7 Å². The number of nitrogens with one attached hydrogen (secondary N) is 2. The van der Waals surface area contributed by atoms with E-state index < -0.39 is 5.97 Å². The lowest BCUT2D eigenvalue weighted by Gasteiger charge is -2.23. The van der Waals surface area contributed by atoms with Gasteiger partial charge in [-0.05, 0) is 12.1 Å². The van der Waals surface area contributed by atoms with E-state index in [9.17, 15) is 4.79 Å². The molecule has 4 nitrogen and oxygen atoms in total. The number of carboxylic acid groups (broad SMARTS) is 1.